The topological polar surface area (TPSA) is 63.9 Å². The number of nitrogens with one attached hydrogen (secondary N) is 1. The van der Waals surface area contributed by atoms with Crippen molar-refractivity contribution in [2.75, 3.05) is 46.5 Å². The van der Waals surface area contributed by atoms with Crippen LogP contribution in [-0.2, 0) is 4.74 Å². The number of morpholine rings is 1. The van der Waals surface area contributed by atoms with Crippen molar-refractivity contribution in [2.45, 2.75) is 12.8 Å². The first kappa shape index (κ1) is 20.4. The van der Waals surface area contributed by atoms with Gasteiger partial charge in [0.1, 0.15) is 11.3 Å². The summed E-state index contributed by atoms with van der Waals surface area (Å²) < 4.78 is 16.8. The number of para-hydroxylation sites is 2. The Kier molecular flexibility index (Phi) is 6.67. The maximum atomic E-state index is 12.6. The fraction of sp³-hybridized carbons (Fsp3) is 0.375. The van der Waals surface area contributed by atoms with Crippen LogP contribution in [0.5, 0.6) is 5.75 Å². The van der Waals surface area contributed by atoms with Crippen LogP contribution in [0, 0.1) is 0 Å². The summed E-state index contributed by atoms with van der Waals surface area (Å²) in [4.78, 5) is 15.0. The van der Waals surface area contributed by atoms with Crippen molar-refractivity contribution in [3.8, 4) is 16.9 Å². The van der Waals surface area contributed by atoms with E-state index in [1.165, 1.54) is 0 Å². The van der Waals surface area contributed by atoms with E-state index in [9.17, 15) is 4.79 Å². The SMILES string of the molecule is COc1ccccc1-c1cccc2cc(C(=O)NCCCCN3CCOCC3)oc12. The molecule has 158 valence electrons. The number of hydrogen-bond acceptors (Lipinski definition) is 5. The number of carbonyl (C=O) groups is 1. The lowest BCUT2D eigenvalue weighted by molar-refractivity contribution is 0.0372. The minimum Gasteiger partial charge on any atom is -0.496 e. The minimum atomic E-state index is -0.177. The van der Waals surface area contributed by atoms with Crippen LogP contribution in [0.15, 0.2) is 52.9 Å². The normalized spacial score (nSPS) is 14.7. The van der Waals surface area contributed by atoms with Crippen molar-refractivity contribution in [3.05, 3.63) is 54.3 Å². The van der Waals surface area contributed by atoms with Gasteiger partial charge < -0.3 is 19.2 Å². The zero-order chi connectivity index (χ0) is 20.8. The molecule has 1 aromatic heterocycles. The molecule has 0 saturated carbocycles. The molecule has 0 aliphatic carbocycles. The Morgan fingerprint density at radius 1 is 1.07 bits per heavy atom. The van der Waals surface area contributed by atoms with Gasteiger partial charge in [0.05, 0.1) is 20.3 Å². The second-order valence-electron chi connectivity index (χ2n) is 7.45. The third kappa shape index (κ3) is 4.66. The smallest absolute Gasteiger partial charge is 0.287 e. The van der Waals surface area contributed by atoms with Gasteiger partial charge in [0.15, 0.2) is 5.76 Å². The molecule has 1 fully saturated rings. The van der Waals surface area contributed by atoms with Gasteiger partial charge in [-0.1, -0.05) is 36.4 Å². The first-order chi connectivity index (χ1) is 14.8. The lowest BCUT2D eigenvalue weighted by Gasteiger charge is -2.26. The molecule has 6 nitrogen and oxygen atoms in total. The number of hydrogen-bond donors (Lipinski definition) is 1. The molecule has 1 aliphatic rings. The molecule has 1 amide bonds. The van der Waals surface area contributed by atoms with Gasteiger partial charge in [-0.2, -0.15) is 0 Å². The van der Waals surface area contributed by atoms with Crippen LogP contribution >= 0.6 is 0 Å². The number of fused-ring (bicyclic) bond motifs is 1. The van der Waals surface area contributed by atoms with Crippen LogP contribution in [0.25, 0.3) is 22.1 Å². The Bertz CT molecular complexity index is 992. The molecule has 0 spiro atoms. The molecule has 2 heterocycles. The molecule has 2 aromatic carbocycles. The molecule has 3 aromatic rings. The summed E-state index contributed by atoms with van der Waals surface area (Å²) in [5, 5.41) is 3.88. The van der Waals surface area contributed by atoms with Crippen molar-refractivity contribution >= 4 is 16.9 Å². The van der Waals surface area contributed by atoms with E-state index >= 15 is 0 Å². The number of carbonyl (C=O) groups excluding carboxylic acids is 1. The van der Waals surface area contributed by atoms with E-state index in [-0.39, 0.29) is 5.91 Å². The summed E-state index contributed by atoms with van der Waals surface area (Å²) >= 11 is 0. The number of ether oxygens (including phenoxy) is 2. The number of rotatable bonds is 8. The Morgan fingerprint density at radius 3 is 2.70 bits per heavy atom. The van der Waals surface area contributed by atoms with Gasteiger partial charge in [0.2, 0.25) is 0 Å². The molecule has 30 heavy (non-hydrogen) atoms. The molecule has 0 radical (unpaired) electrons. The minimum absolute atomic E-state index is 0.177. The van der Waals surface area contributed by atoms with Gasteiger partial charge >= 0.3 is 0 Å². The fourth-order valence-corrected chi connectivity index (χ4v) is 3.83. The summed E-state index contributed by atoms with van der Waals surface area (Å²) in [7, 11) is 1.65. The number of unbranched alkanes of at least 4 members (excludes halogenated alkanes) is 1. The fourth-order valence-electron chi connectivity index (χ4n) is 3.83. The highest BCUT2D eigenvalue weighted by molar-refractivity contribution is 6.00. The summed E-state index contributed by atoms with van der Waals surface area (Å²) in [6.45, 7) is 5.32. The van der Waals surface area contributed by atoms with Crippen molar-refractivity contribution in [1.82, 2.24) is 10.2 Å². The second-order valence-corrected chi connectivity index (χ2v) is 7.45. The maximum absolute atomic E-state index is 12.6. The standard InChI is InChI=1S/C24H28N2O4/c1-28-21-10-3-2-8-19(21)20-9-6-7-18-17-22(30-23(18)20)24(27)25-11-4-5-12-26-13-15-29-16-14-26/h2-3,6-10,17H,4-5,11-16H2,1H3,(H,25,27). The van der Waals surface area contributed by atoms with E-state index in [0.717, 1.165) is 68.0 Å². The largest absolute Gasteiger partial charge is 0.496 e. The van der Waals surface area contributed by atoms with E-state index in [1.807, 2.05) is 42.5 Å². The van der Waals surface area contributed by atoms with Crippen LogP contribution < -0.4 is 10.1 Å². The van der Waals surface area contributed by atoms with Crippen LogP contribution in [0.1, 0.15) is 23.4 Å². The molecule has 0 atom stereocenters. The second kappa shape index (κ2) is 9.78. The molecule has 0 bridgehead atoms. The number of amides is 1. The molecular weight excluding hydrogens is 380 g/mol. The first-order valence-corrected chi connectivity index (χ1v) is 10.5. The van der Waals surface area contributed by atoms with E-state index < -0.39 is 0 Å². The third-order valence-corrected chi connectivity index (χ3v) is 5.46. The lowest BCUT2D eigenvalue weighted by Crippen LogP contribution is -2.37. The molecule has 1 N–H and O–H groups in total. The Labute approximate surface area is 176 Å². The van der Waals surface area contributed by atoms with E-state index in [2.05, 4.69) is 10.2 Å². The molecule has 6 heteroatoms. The van der Waals surface area contributed by atoms with Crippen LogP contribution in [-0.4, -0.2) is 57.3 Å². The summed E-state index contributed by atoms with van der Waals surface area (Å²) in [5.74, 6) is 0.928. The first-order valence-electron chi connectivity index (χ1n) is 10.5. The van der Waals surface area contributed by atoms with Gasteiger partial charge in [-0.15, -0.1) is 0 Å². The number of furan rings is 1. The average Bonchev–Trinajstić information content (AvgIpc) is 3.24. The van der Waals surface area contributed by atoms with Crippen molar-refractivity contribution in [2.24, 2.45) is 0 Å². The third-order valence-electron chi connectivity index (χ3n) is 5.46. The van der Waals surface area contributed by atoms with Gasteiger partial charge in [-0.3, -0.25) is 9.69 Å². The highest BCUT2D eigenvalue weighted by Gasteiger charge is 2.16. The molecule has 4 rings (SSSR count). The van der Waals surface area contributed by atoms with Gasteiger partial charge in [0, 0.05) is 36.1 Å². The summed E-state index contributed by atoms with van der Waals surface area (Å²) in [6, 6.07) is 15.5. The Morgan fingerprint density at radius 2 is 1.87 bits per heavy atom. The van der Waals surface area contributed by atoms with E-state index in [4.69, 9.17) is 13.9 Å². The zero-order valence-corrected chi connectivity index (χ0v) is 17.4. The zero-order valence-electron chi connectivity index (χ0n) is 17.4. The lowest BCUT2D eigenvalue weighted by atomic mass is 10.0. The van der Waals surface area contributed by atoms with Crippen LogP contribution in [0.2, 0.25) is 0 Å². The highest BCUT2D eigenvalue weighted by Crippen LogP contribution is 2.36. The number of benzene rings is 2. The molecular formula is C24H28N2O4. The maximum Gasteiger partial charge on any atom is 0.287 e. The van der Waals surface area contributed by atoms with E-state index in [1.54, 1.807) is 13.2 Å². The van der Waals surface area contributed by atoms with Gasteiger partial charge in [-0.05, 0) is 31.5 Å². The van der Waals surface area contributed by atoms with Crippen LogP contribution in [0.4, 0.5) is 0 Å². The van der Waals surface area contributed by atoms with Crippen molar-refractivity contribution < 1.29 is 18.7 Å². The molecule has 0 unspecified atom stereocenters. The van der Waals surface area contributed by atoms with E-state index in [0.29, 0.717) is 17.9 Å². The monoisotopic (exact) mass is 408 g/mol. The molecule has 1 aliphatic heterocycles. The Balaban J connectivity index is 1.39. The summed E-state index contributed by atoms with van der Waals surface area (Å²) in [5.41, 5.74) is 2.55. The Hall–Kier alpha value is -2.83. The quantitative estimate of drug-likeness (QED) is 0.572. The predicted molar refractivity (Wildman–Crippen MR) is 117 cm³/mol. The van der Waals surface area contributed by atoms with Crippen LogP contribution in [0.3, 0.4) is 0 Å². The van der Waals surface area contributed by atoms with Crippen molar-refractivity contribution in [1.29, 1.82) is 0 Å². The number of nitrogens with zero attached hydrogens (tertiary/aromatic N) is 1. The highest BCUT2D eigenvalue weighted by atomic mass is 16.5. The van der Waals surface area contributed by atoms with Gasteiger partial charge in [0.25, 0.3) is 5.91 Å². The van der Waals surface area contributed by atoms with Gasteiger partial charge in [-0.25, -0.2) is 0 Å². The van der Waals surface area contributed by atoms with Crippen molar-refractivity contribution in [3.63, 3.8) is 0 Å². The number of methoxy groups -OCH3 is 1. The average molecular weight is 408 g/mol. The molecule has 1 saturated heterocycles. The predicted octanol–water partition coefficient (Wildman–Crippen LogP) is 3.95. The summed E-state index contributed by atoms with van der Waals surface area (Å²) in [6.07, 6.45) is 1.99.